The van der Waals surface area contributed by atoms with E-state index in [1.807, 2.05) is 0 Å². The summed E-state index contributed by atoms with van der Waals surface area (Å²) < 4.78 is 12.4. The topological polar surface area (TPSA) is 214 Å². The molecule has 0 spiro atoms. The fourth-order valence-electron chi connectivity index (χ4n) is 2.25. The summed E-state index contributed by atoms with van der Waals surface area (Å²) in [6, 6.07) is -2.91. The molecule has 0 aromatic carbocycles. The van der Waals surface area contributed by atoms with E-state index in [2.05, 4.69) is 16.0 Å². The highest BCUT2D eigenvalue weighted by Crippen LogP contribution is 2.49. The van der Waals surface area contributed by atoms with Crippen molar-refractivity contribution in [2.24, 2.45) is 11.5 Å². The van der Waals surface area contributed by atoms with Gasteiger partial charge in [0, 0.05) is 0 Å². The van der Waals surface area contributed by atoms with E-state index in [0.717, 1.165) is 0 Å². The molecular formula is C16H32N5O7P. The van der Waals surface area contributed by atoms with E-state index in [0.29, 0.717) is 6.42 Å². The van der Waals surface area contributed by atoms with Gasteiger partial charge in [-0.25, -0.2) is 0 Å². The Bertz CT molecular complexity index is 656. The van der Waals surface area contributed by atoms with Gasteiger partial charge in [0.1, 0.15) is 17.9 Å². The highest BCUT2D eigenvalue weighted by Gasteiger charge is 2.38. The van der Waals surface area contributed by atoms with Crippen LogP contribution in [0.4, 0.5) is 0 Å². The standard InChI is InChI=1S/C16H32N5O7P/c1-5-6-11(20-15(25)9(3)19-14(24)8(2)17)16(26)21-12(7-13(22)23)29(27,28)10(4)18/h8-12H,5-7,17-18H2,1-4H3,(H,19,24)(H,20,25)(H,21,26)(H,22,23)(H,27,28)/t8-,9-,10?,11-,12?/m0/s1. The summed E-state index contributed by atoms with van der Waals surface area (Å²) in [6.45, 7) is 5.83. The lowest BCUT2D eigenvalue weighted by molar-refractivity contribution is -0.137. The maximum absolute atomic E-state index is 12.6. The number of nitrogens with two attached hydrogens (primary N) is 2. The molecule has 0 aliphatic rings. The zero-order valence-electron chi connectivity index (χ0n) is 17.0. The molecule has 0 aromatic rings. The molecule has 0 saturated carbocycles. The van der Waals surface area contributed by atoms with Gasteiger partial charge in [0.25, 0.3) is 0 Å². The van der Waals surface area contributed by atoms with Crippen molar-refractivity contribution in [1.82, 2.24) is 16.0 Å². The average Bonchev–Trinajstić information content (AvgIpc) is 2.59. The number of hydrogen-bond donors (Lipinski definition) is 7. The number of rotatable bonds is 12. The SMILES string of the molecule is CCC[C@H](NC(=O)[C@H](C)NC(=O)[C@H](C)N)C(=O)NC(CC(=O)O)P(=O)(O)C(C)N. The van der Waals surface area contributed by atoms with Gasteiger partial charge in [-0.2, -0.15) is 0 Å². The molecular weight excluding hydrogens is 405 g/mol. The van der Waals surface area contributed by atoms with E-state index >= 15 is 0 Å². The predicted molar refractivity (Wildman–Crippen MR) is 106 cm³/mol. The van der Waals surface area contributed by atoms with E-state index in [1.54, 1.807) is 6.92 Å². The summed E-state index contributed by atoms with van der Waals surface area (Å²) >= 11 is 0. The molecule has 3 unspecified atom stereocenters. The minimum Gasteiger partial charge on any atom is -0.481 e. The third-order valence-electron chi connectivity index (χ3n) is 4.08. The van der Waals surface area contributed by atoms with Crippen molar-refractivity contribution in [3.63, 3.8) is 0 Å². The van der Waals surface area contributed by atoms with E-state index in [9.17, 15) is 28.6 Å². The molecule has 6 atom stereocenters. The molecule has 13 heteroatoms. The minimum absolute atomic E-state index is 0.180. The van der Waals surface area contributed by atoms with E-state index in [4.69, 9.17) is 16.6 Å². The van der Waals surface area contributed by atoms with Crippen LogP contribution < -0.4 is 27.4 Å². The molecule has 0 aliphatic carbocycles. The summed E-state index contributed by atoms with van der Waals surface area (Å²) in [5.74, 6) is -6.31. The van der Waals surface area contributed by atoms with E-state index in [-0.39, 0.29) is 6.42 Å². The third-order valence-corrected chi connectivity index (χ3v) is 6.45. The van der Waals surface area contributed by atoms with Crippen molar-refractivity contribution in [2.45, 2.75) is 76.6 Å². The molecule has 0 aromatic heterocycles. The van der Waals surface area contributed by atoms with Gasteiger partial charge < -0.3 is 37.4 Å². The number of aliphatic carboxylic acids is 1. The van der Waals surface area contributed by atoms with Gasteiger partial charge in [-0.15, -0.1) is 0 Å². The van der Waals surface area contributed by atoms with Gasteiger partial charge in [0.2, 0.25) is 25.1 Å². The molecule has 0 heterocycles. The second-order valence-corrected chi connectivity index (χ2v) is 9.69. The fourth-order valence-corrected chi connectivity index (χ4v) is 3.55. The van der Waals surface area contributed by atoms with Crippen molar-refractivity contribution in [3.8, 4) is 0 Å². The normalized spacial score (nSPS) is 18.3. The minimum atomic E-state index is -4.24. The Morgan fingerprint density at radius 2 is 1.52 bits per heavy atom. The summed E-state index contributed by atoms with van der Waals surface area (Å²) in [5.41, 5.74) is 10.9. The molecule has 29 heavy (non-hydrogen) atoms. The van der Waals surface area contributed by atoms with Crippen molar-refractivity contribution >= 4 is 31.1 Å². The van der Waals surface area contributed by atoms with Crippen LogP contribution in [0.3, 0.4) is 0 Å². The zero-order valence-corrected chi connectivity index (χ0v) is 17.9. The van der Waals surface area contributed by atoms with Gasteiger partial charge in [0.15, 0.2) is 0 Å². The molecule has 0 fully saturated rings. The van der Waals surface area contributed by atoms with Crippen molar-refractivity contribution in [3.05, 3.63) is 0 Å². The van der Waals surface area contributed by atoms with Gasteiger partial charge >= 0.3 is 5.97 Å². The van der Waals surface area contributed by atoms with Crippen LogP contribution in [0.25, 0.3) is 0 Å². The maximum atomic E-state index is 12.6. The highest BCUT2D eigenvalue weighted by atomic mass is 31.2. The zero-order chi connectivity index (χ0) is 22.9. The first-order valence-corrected chi connectivity index (χ1v) is 11.0. The van der Waals surface area contributed by atoms with Crippen molar-refractivity contribution < 1.29 is 33.7 Å². The lowest BCUT2D eigenvalue weighted by Crippen LogP contribution is -2.55. The number of carboxylic acid groups (broad SMARTS) is 1. The Hall–Kier alpha value is -2.01. The fraction of sp³-hybridized carbons (Fsp3) is 0.750. The second-order valence-electron chi connectivity index (χ2n) is 6.90. The van der Waals surface area contributed by atoms with Gasteiger partial charge in [0.05, 0.1) is 18.2 Å². The predicted octanol–water partition coefficient (Wildman–Crippen LogP) is -1.38. The van der Waals surface area contributed by atoms with Crippen LogP contribution in [0, 0.1) is 0 Å². The van der Waals surface area contributed by atoms with Gasteiger partial charge in [-0.05, 0) is 27.2 Å². The molecule has 3 amide bonds. The number of carboxylic acids is 1. The smallest absolute Gasteiger partial charge is 0.306 e. The first-order valence-electron chi connectivity index (χ1n) is 9.20. The van der Waals surface area contributed by atoms with Crippen LogP contribution in [0.2, 0.25) is 0 Å². The Morgan fingerprint density at radius 1 is 0.966 bits per heavy atom. The van der Waals surface area contributed by atoms with Gasteiger partial charge in [-0.3, -0.25) is 23.7 Å². The summed E-state index contributed by atoms with van der Waals surface area (Å²) in [7, 11) is -4.24. The van der Waals surface area contributed by atoms with Crippen LogP contribution >= 0.6 is 7.37 Å². The summed E-state index contributed by atoms with van der Waals surface area (Å²) in [6.07, 6.45) is -0.152. The van der Waals surface area contributed by atoms with E-state index in [1.165, 1.54) is 20.8 Å². The maximum Gasteiger partial charge on any atom is 0.306 e. The second kappa shape index (κ2) is 11.9. The number of carbonyl (C=O) groups excluding carboxylic acids is 3. The van der Waals surface area contributed by atoms with Crippen molar-refractivity contribution in [1.29, 1.82) is 0 Å². The molecule has 168 valence electrons. The number of nitrogens with one attached hydrogen (secondary N) is 3. The van der Waals surface area contributed by atoms with E-state index < -0.39 is 67.2 Å². The van der Waals surface area contributed by atoms with Crippen molar-refractivity contribution in [2.75, 3.05) is 0 Å². The quantitative estimate of drug-likeness (QED) is 0.179. The Morgan fingerprint density at radius 3 is 1.93 bits per heavy atom. The molecule has 0 saturated heterocycles. The number of carbonyl (C=O) groups is 4. The largest absolute Gasteiger partial charge is 0.481 e. The molecule has 0 bridgehead atoms. The van der Waals surface area contributed by atoms with Crippen LogP contribution in [-0.4, -0.2) is 63.4 Å². The first-order chi connectivity index (χ1) is 13.2. The number of hydrogen-bond acceptors (Lipinski definition) is 7. The van der Waals surface area contributed by atoms with Crippen LogP contribution in [0.5, 0.6) is 0 Å². The molecule has 12 nitrogen and oxygen atoms in total. The molecule has 0 aliphatic heterocycles. The molecule has 0 rings (SSSR count). The Kier molecular flexibility index (Phi) is 11.0. The lowest BCUT2D eigenvalue weighted by atomic mass is 10.1. The summed E-state index contributed by atoms with van der Waals surface area (Å²) in [4.78, 5) is 57.6. The monoisotopic (exact) mass is 437 g/mol. The Labute approximate surface area is 169 Å². The summed E-state index contributed by atoms with van der Waals surface area (Å²) in [5, 5.41) is 16.0. The lowest BCUT2D eigenvalue weighted by Gasteiger charge is -2.28. The van der Waals surface area contributed by atoms with Crippen LogP contribution in [-0.2, 0) is 23.7 Å². The molecule has 0 radical (unpaired) electrons. The van der Waals surface area contributed by atoms with Crippen LogP contribution in [0.15, 0.2) is 0 Å². The highest BCUT2D eigenvalue weighted by molar-refractivity contribution is 7.59. The Balaban J connectivity index is 5.32. The average molecular weight is 437 g/mol. The third kappa shape index (κ3) is 8.90. The molecule has 9 N–H and O–H groups in total. The number of amides is 3. The van der Waals surface area contributed by atoms with Crippen LogP contribution in [0.1, 0.15) is 47.0 Å². The first kappa shape index (κ1) is 27.0. The van der Waals surface area contributed by atoms with Gasteiger partial charge in [-0.1, -0.05) is 13.3 Å².